The van der Waals surface area contributed by atoms with E-state index in [1.807, 2.05) is 0 Å². The van der Waals surface area contributed by atoms with E-state index in [0.717, 1.165) is 6.20 Å². The van der Waals surface area contributed by atoms with Gasteiger partial charge in [-0.3, -0.25) is 4.79 Å². The maximum Gasteiger partial charge on any atom is 0.354 e. The molecule has 0 bridgehead atoms. The van der Waals surface area contributed by atoms with Gasteiger partial charge in [-0.2, -0.15) is 8.42 Å². The average molecular weight is 378 g/mol. The van der Waals surface area contributed by atoms with Gasteiger partial charge in [0.15, 0.2) is 5.69 Å². The molecule has 2 heterocycles. The zero-order valence-electron chi connectivity index (χ0n) is 13.8. The number of nitrogens with one attached hydrogen (secondary N) is 1. The Morgan fingerprint density at radius 3 is 2.46 bits per heavy atom. The maximum atomic E-state index is 12.6. The predicted octanol–water partition coefficient (Wildman–Crippen LogP) is -0.0497. The highest BCUT2D eigenvalue weighted by Gasteiger charge is 2.24. The molecule has 1 aliphatic rings. The topological polar surface area (TPSA) is 135 Å². The van der Waals surface area contributed by atoms with Crippen LogP contribution in [0.2, 0.25) is 0 Å². The molecule has 138 valence electrons. The first-order valence-electron chi connectivity index (χ1n) is 7.87. The van der Waals surface area contributed by atoms with E-state index in [1.54, 1.807) is 29.2 Å². The Balaban J connectivity index is 2.02. The van der Waals surface area contributed by atoms with Gasteiger partial charge < -0.3 is 15.3 Å². The summed E-state index contributed by atoms with van der Waals surface area (Å²) >= 11 is 0. The molecule has 10 heteroatoms. The summed E-state index contributed by atoms with van der Waals surface area (Å²) in [5.74, 6) is -1.59. The molecule has 9 nitrogen and oxygen atoms in total. The number of hydrogen-bond donors (Lipinski definition) is 3. The maximum absolute atomic E-state index is 12.6. The van der Waals surface area contributed by atoms with Gasteiger partial charge in [0, 0.05) is 43.5 Å². The molecular weight excluding hydrogens is 360 g/mol. The fraction of sp³-hybridized carbons (Fsp3) is 0.250. The van der Waals surface area contributed by atoms with E-state index in [4.69, 9.17) is 5.14 Å². The standard InChI is InChI=1S/C16H18N4O5S/c17-26(24,25)20-7-4-13(14(20)16(22)23)11-2-1-3-12(10-11)15(21)19-8-5-18-6-9-19/h1-4,7,10,18H,5-6,8-9H2,(H,22,23)(H2,17,24,25). The number of hydrogen-bond acceptors (Lipinski definition) is 5. The Kier molecular flexibility index (Phi) is 4.81. The lowest BCUT2D eigenvalue weighted by Crippen LogP contribution is -2.46. The number of carboxylic acid groups (broad SMARTS) is 1. The highest BCUT2D eigenvalue weighted by molar-refractivity contribution is 7.87. The van der Waals surface area contributed by atoms with Crippen LogP contribution in [0.25, 0.3) is 11.1 Å². The number of nitrogens with two attached hydrogens (primary N) is 1. The molecule has 1 aliphatic heterocycles. The molecule has 1 saturated heterocycles. The van der Waals surface area contributed by atoms with Crippen LogP contribution in [0.3, 0.4) is 0 Å². The molecule has 26 heavy (non-hydrogen) atoms. The second-order valence-corrected chi connectivity index (χ2v) is 7.27. The van der Waals surface area contributed by atoms with Crippen molar-refractivity contribution in [3.8, 4) is 11.1 Å². The molecule has 0 unspecified atom stereocenters. The van der Waals surface area contributed by atoms with Crippen LogP contribution in [-0.2, 0) is 10.2 Å². The first kappa shape index (κ1) is 18.1. The van der Waals surface area contributed by atoms with Crippen LogP contribution in [0.4, 0.5) is 0 Å². The molecule has 1 aromatic carbocycles. The van der Waals surface area contributed by atoms with Crippen LogP contribution in [0, 0.1) is 0 Å². The highest BCUT2D eigenvalue weighted by Crippen LogP contribution is 2.27. The molecule has 0 aliphatic carbocycles. The van der Waals surface area contributed by atoms with Crippen LogP contribution in [0.1, 0.15) is 20.8 Å². The van der Waals surface area contributed by atoms with Gasteiger partial charge >= 0.3 is 16.2 Å². The minimum Gasteiger partial charge on any atom is -0.477 e. The van der Waals surface area contributed by atoms with Gasteiger partial charge in [0.05, 0.1) is 0 Å². The largest absolute Gasteiger partial charge is 0.477 e. The van der Waals surface area contributed by atoms with E-state index >= 15 is 0 Å². The minimum atomic E-state index is -4.26. The number of aromatic nitrogens is 1. The predicted molar refractivity (Wildman–Crippen MR) is 94.1 cm³/mol. The van der Waals surface area contributed by atoms with Gasteiger partial charge in [-0.05, 0) is 23.8 Å². The van der Waals surface area contributed by atoms with Crippen LogP contribution >= 0.6 is 0 Å². The SMILES string of the molecule is NS(=O)(=O)n1ccc(-c2cccc(C(=O)N3CCNCC3)c2)c1C(=O)O. The number of carbonyl (C=O) groups is 2. The molecule has 0 atom stereocenters. The second kappa shape index (κ2) is 6.90. The molecule has 4 N–H and O–H groups in total. The molecule has 0 spiro atoms. The summed E-state index contributed by atoms with van der Waals surface area (Å²) in [6.07, 6.45) is 1.08. The summed E-state index contributed by atoms with van der Waals surface area (Å²) in [5.41, 5.74) is 0.524. The second-order valence-electron chi connectivity index (χ2n) is 5.85. The Morgan fingerprint density at radius 1 is 1.15 bits per heavy atom. The average Bonchev–Trinajstić information content (AvgIpc) is 3.08. The highest BCUT2D eigenvalue weighted by atomic mass is 32.2. The zero-order valence-corrected chi connectivity index (χ0v) is 14.6. The lowest BCUT2D eigenvalue weighted by molar-refractivity contribution is 0.0688. The number of rotatable bonds is 4. The zero-order chi connectivity index (χ0) is 18.9. The fourth-order valence-electron chi connectivity index (χ4n) is 2.94. The van der Waals surface area contributed by atoms with Crippen molar-refractivity contribution in [1.29, 1.82) is 0 Å². The summed E-state index contributed by atoms with van der Waals surface area (Å²) in [4.78, 5) is 25.9. The van der Waals surface area contributed by atoms with Crippen LogP contribution in [-0.4, -0.2) is 60.5 Å². The van der Waals surface area contributed by atoms with Gasteiger partial charge in [0.25, 0.3) is 5.91 Å². The number of benzene rings is 1. The molecule has 0 radical (unpaired) electrons. The Hall–Kier alpha value is -2.69. The van der Waals surface area contributed by atoms with Gasteiger partial charge in [-0.25, -0.2) is 13.9 Å². The summed E-state index contributed by atoms with van der Waals surface area (Å²) < 4.78 is 23.7. The Labute approximate surface area is 150 Å². The third-order valence-electron chi connectivity index (χ3n) is 4.15. The van der Waals surface area contributed by atoms with E-state index < -0.39 is 21.9 Å². The van der Waals surface area contributed by atoms with Crippen molar-refractivity contribution in [3.63, 3.8) is 0 Å². The molecule has 1 aromatic heterocycles. The fourth-order valence-corrected chi connectivity index (χ4v) is 3.60. The van der Waals surface area contributed by atoms with Crippen molar-refractivity contribution in [2.75, 3.05) is 26.2 Å². The molecule has 0 saturated carbocycles. The van der Waals surface area contributed by atoms with Crippen molar-refractivity contribution in [1.82, 2.24) is 14.2 Å². The van der Waals surface area contributed by atoms with Crippen LogP contribution in [0.15, 0.2) is 36.5 Å². The van der Waals surface area contributed by atoms with Crippen molar-refractivity contribution < 1.29 is 23.1 Å². The molecule has 2 aromatic rings. The lowest BCUT2D eigenvalue weighted by atomic mass is 10.0. The van der Waals surface area contributed by atoms with Crippen LogP contribution < -0.4 is 10.5 Å². The van der Waals surface area contributed by atoms with Crippen molar-refractivity contribution in [3.05, 3.63) is 47.8 Å². The van der Waals surface area contributed by atoms with Gasteiger partial charge in [-0.1, -0.05) is 12.1 Å². The Bertz CT molecular complexity index is 961. The first-order chi connectivity index (χ1) is 12.3. The van der Waals surface area contributed by atoms with Crippen molar-refractivity contribution >= 4 is 22.1 Å². The molecule has 1 fully saturated rings. The van der Waals surface area contributed by atoms with E-state index in [-0.39, 0.29) is 11.5 Å². The normalized spacial score (nSPS) is 15.0. The number of nitrogens with zero attached hydrogens (tertiary/aromatic N) is 2. The molecular formula is C16H18N4O5S. The summed E-state index contributed by atoms with van der Waals surface area (Å²) in [5, 5.41) is 17.7. The smallest absolute Gasteiger partial charge is 0.354 e. The number of carbonyl (C=O) groups excluding carboxylic acids is 1. The Morgan fingerprint density at radius 2 is 1.85 bits per heavy atom. The first-order valence-corrected chi connectivity index (χ1v) is 9.38. The third-order valence-corrected chi connectivity index (χ3v) is 5.01. The monoisotopic (exact) mass is 378 g/mol. The van der Waals surface area contributed by atoms with Gasteiger partial charge in [-0.15, -0.1) is 0 Å². The van der Waals surface area contributed by atoms with E-state index in [2.05, 4.69) is 5.32 Å². The minimum absolute atomic E-state index is 0.156. The third kappa shape index (κ3) is 3.47. The van der Waals surface area contributed by atoms with Crippen molar-refractivity contribution in [2.24, 2.45) is 5.14 Å². The summed E-state index contributed by atoms with van der Waals surface area (Å²) in [7, 11) is -4.26. The quantitative estimate of drug-likeness (QED) is 0.683. The lowest BCUT2D eigenvalue weighted by Gasteiger charge is -2.27. The van der Waals surface area contributed by atoms with Gasteiger partial charge in [0.1, 0.15) is 0 Å². The van der Waals surface area contributed by atoms with Gasteiger partial charge in [0.2, 0.25) is 0 Å². The molecule has 1 amide bonds. The number of amides is 1. The van der Waals surface area contributed by atoms with Crippen molar-refractivity contribution in [2.45, 2.75) is 0 Å². The van der Waals surface area contributed by atoms with E-state index in [9.17, 15) is 23.1 Å². The summed E-state index contributed by atoms with van der Waals surface area (Å²) in [6.45, 7) is 2.61. The number of carboxylic acids is 1. The van der Waals surface area contributed by atoms with E-state index in [1.165, 1.54) is 6.07 Å². The van der Waals surface area contributed by atoms with Crippen LogP contribution in [0.5, 0.6) is 0 Å². The number of aromatic carboxylic acids is 1. The summed E-state index contributed by atoms with van der Waals surface area (Å²) in [6, 6.07) is 7.79. The number of piperazine rings is 1. The molecule has 3 rings (SSSR count). The van der Waals surface area contributed by atoms with E-state index in [0.29, 0.717) is 41.3 Å².